The SMILES string of the molecule is O=C(NCCCSc1ccccc1)C1CCN(Cc2nc(-c3cccc(Br)c3)no2)CC1. The Labute approximate surface area is 201 Å². The van der Waals surface area contributed by atoms with E-state index in [0.717, 1.165) is 54.7 Å². The Hall–Kier alpha value is -2.16. The molecule has 2 aromatic carbocycles. The van der Waals surface area contributed by atoms with E-state index >= 15 is 0 Å². The highest BCUT2D eigenvalue weighted by Gasteiger charge is 2.25. The van der Waals surface area contributed by atoms with Gasteiger partial charge >= 0.3 is 0 Å². The minimum absolute atomic E-state index is 0.0907. The number of likely N-dealkylation sites (tertiary alicyclic amines) is 1. The minimum Gasteiger partial charge on any atom is -0.356 e. The molecule has 4 rings (SSSR count). The molecule has 0 radical (unpaired) electrons. The maximum absolute atomic E-state index is 12.5. The number of rotatable bonds is 9. The van der Waals surface area contributed by atoms with Crippen molar-refractivity contribution < 1.29 is 9.32 Å². The highest BCUT2D eigenvalue weighted by Crippen LogP contribution is 2.23. The van der Waals surface area contributed by atoms with Gasteiger partial charge < -0.3 is 9.84 Å². The Kier molecular flexibility index (Phi) is 8.36. The molecule has 6 nitrogen and oxygen atoms in total. The molecule has 168 valence electrons. The summed E-state index contributed by atoms with van der Waals surface area (Å²) >= 11 is 5.30. The zero-order valence-electron chi connectivity index (χ0n) is 17.9. The normalized spacial score (nSPS) is 15.0. The second kappa shape index (κ2) is 11.6. The summed E-state index contributed by atoms with van der Waals surface area (Å²) in [7, 11) is 0. The molecular formula is C24H27BrN4O2S. The van der Waals surface area contributed by atoms with Crippen molar-refractivity contribution in [2.45, 2.75) is 30.7 Å². The van der Waals surface area contributed by atoms with Crippen LogP contribution in [0.25, 0.3) is 11.4 Å². The number of carbonyl (C=O) groups is 1. The van der Waals surface area contributed by atoms with Crippen molar-refractivity contribution in [2.75, 3.05) is 25.4 Å². The van der Waals surface area contributed by atoms with Crippen LogP contribution >= 0.6 is 27.7 Å². The quantitative estimate of drug-likeness (QED) is 0.319. The number of aromatic nitrogens is 2. The molecule has 1 aliphatic rings. The molecule has 1 aromatic heterocycles. The zero-order chi connectivity index (χ0) is 22.2. The lowest BCUT2D eigenvalue weighted by Crippen LogP contribution is -2.40. The first-order valence-corrected chi connectivity index (χ1v) is 12.7. The molecule has 0 unspecified atom stereocenters. The number of carbonyl (C=O) groups excluding carboxylic acids is 1. The average molecular weight is 515 g/mol. The third-order valence-electron chi connectivity index (χ3n) is 5.50. The first-order chi connectivity index (χ1) is 15.7. The zero-order valence-corrected chi connectivity index (χ0v) is 20.3. The molecule has 1 saturated heterocycles. The fourth-order valence-corrected chi connectivity index (χ4v) is 5.02. The van der Waals surface area contributed by atoms with E-state index in [2.05, 4.69) is 60.6 Å². The lowest BCUT2D eigenvalue weighted by Gasteiger charge is -2.30. The number of nitrogens with zero attached hydrogens (tertiary/aromatic N) is 3. The molecular weight excluding hydrogens is 488 g/mol. The second-order valence-corrected chi connectivity index (χ2v) is 9.96. The number of hydrogen-bond acceptors (Lipinski definition) is 6. The number of hydrogen-bond donors (Lipinski definition) is 1. The standard InChI is InChI=1S/C24H27BrN4O2S/c25-20-7-4-6-19(16-20)23-27-22(31-28-23)17-29-13-10-18(11-14-29)24(30)26-12-5-15-32-21-8-2-1-3-9-21/h1-4,6-9,16,18H,5,10-15,17H2,(H,26,30). The molecule has 0 saturated carbocycles. The van der Waals surface area contributed by atoms with Gasteiger partial charge in [-0.2, -0.15) is 4.98 Å². The molecule has 32 heavy (non-hydrogen) atoms. The largest absolute Gasteiger partial charge is 0.356 e. The van der Waals surface area contributed by atoms with Crippen LogP contribution in [0.15, 0.2) is 68.5 Å². The number of benzene rings is 2. The summed E-state index contributed by atoms with van der Waals surface area (Å²) in [6, 6.07) is 18.2. The first kappa shape index (κ1) is 23.0. The minimum atomic E-state index is 0.0907. The van der Waals surface area contributed by atoms with E-state index in [0.29, 0.717) is 18.3 Å². The fourth-order valence-electron chi connectivity index (χ4n) is 3.74. The number of halogens is 1. The van der Waals surface area contributed by atoms with Crippen molar-refractivity contribution in [2.24, 2.45) is 5.92 Å². The van der Waals surface area contributed by atoms with Gasteiger partial charge in [-0.1, -0.05) is 51.4 Å². The maximum atomic E-state index is 12.5. The van der Waals surface area contributed by atoms with E-state index in [1.165, 1.54) is 4.90 Å². The van der Waals surface area contributed by atoms with E-state index in [1.54, 1.807) is 0 Å². The lowest BCUT2D eigenvalue weighted by molar-refractivity contribution is -0.126. The summed E-state index contributed by atoms with van der Waals surface area (Å²) in [6.07, 6.45) is 2.69. The van der Waals surface area contributed by atoms with Gasteiger partial charge in [-0.05, 0) is 62.4 Å². The van der Waals surface area contributed by atoms with E-state index in [-0.39, 0.29) is 11.8 Å². The highest BCUT2D eigenvalue weighted by molar-refractivity contribution is 9.10. The van der Waals surface area contributed by atoms with Crippen molar-refractivity contribution in [1.29, 1.82) is 0 Å². The summed E-state index contributed by atoms with van der Waals surface area (Å²) < 4.78 is 6.43. The van der Waals surface area contributed by atoms with Gasteiger partial charge in [-0.3, -0.25) is 9.69 Å². The van der Waals surface area contributed by atoms with Gasteiger partial charge in [0.25, 0.3) is 0 Å². The molecule has 0 bridgehead atoms. The number of thioether (sulfide) groups is 1. The topological polar surface area (TPSA) is 71.3 Å². The van der Waals surface area contributed by atoms with Crippen LogP contribution in [0, 0.1) is 5.92 Å². The highest BCUT2D eigenvalue weighted by atomic mass is 79.9. The lowest BCUT2D eigenvalue weighted by atomic mass is 9.96. The van der Waals surface area contributed by atoms with Crippen LogP contribution in [0.3, 0.4) is 0 Å². The molecule has 1 fully saturated rings. The molecule has 0 spiro atoms. The summed E-state index contributed by atoms with van der Waals surface area (Å²) in [5, 5.41) is 7.22. The van der Waals surface area contributed by atoms with Crippen LogP contribution < -0.4 is 5.32 Å². The Balaban J connectivity index is 1.15. The van der Waals surface area contributed by atoms with Crippen molar-refractivity contribution in [3.8, 4) is 11.4 Å². The number of amides is 1. The van der Waals surface area contributed by atoms with Gasteiger partial charge in [0, 0.05) is 27.4 Å². The van der Waals surface area contributed by atoms with Crippen LogP contribution in [-0.2, 0) is 11.3 Å². The fraction of sp³-hybridized carbons (Fsp3) is 0.375. The molecule has 1 N–H and O–H groups in total. The molecule has 2 heterocycles. The first-order valence-electron chi connectivity index (χ1n) is 10.9. The van der Waals surface area contributed by atoms with Crippen molar-refractivity contribution in [3.05, 3.63) is 65.0 Å². The van der Waals surface area contributed by atoms with Crippen LogP contribution in [-0.4, -0.2) is 46.3 Å². The van der Waals surface area contributed by atoms with E-state index in [4.69, 9.17) is 4.52 Å². The Morgan fingerprint density at radius 2 is 1.97 bits per heavy atom. The van der Waals surface area contributed by atoms with Gasteiger partial charge in [-0.25, -0.2) is 0 Å². The molecule has 0 aliphatic carbocycles. The maximum Gasteiger partial charge on any atom is 0.241 e. The van der Waals surface area contributed by atoms with Gasteiger partial charge in [0.15, 0.2) is 0 Å². The van der Waals surface area contributed by atoms with E-state index in [1.807, 2.05) is 42.1 Å². The summed E-state index contributed by atoms with van der Waals surface area (Å²) in [5.74, 6) is 2.49. The molecule has 8 heteroatoms. The molecule has 1 aliphatic heterocycles. The van der Waals surface area contributed by atoms with Gasteiger partial charge in [-0.15, -0.1) is 11.8 Å². The molecule has 0 atom stereocenters. The third-order valence-corrected chi connectivity index (χ3v) is 7.09. The smallest absolute Gasteiger partial charge is 0.241 e. The van der Waals surface area contributed by atoms with Crippen LogP contribution in [0.2, 0.25) is 0 Å². The molecule has 1 amide bonds. The van der Waals surface area contributed by atoms with Crippen LogP contribution in [0.5, 0.6) is 0 Å². The number of nitrogens with one attached hydrogen (secondary N) is 1. The van der Waals surface area contributed by atoms with Gasteiger partial charge in [0.05, 0.1) is 6.54 Å². The van der Waals surface area contributed by atoms with E-state index < -0.39 is 0 Å². The summed E-state index contributed by atoms with van der Waals surface area (Å²) in [4.78, 5) is 20.6. The summed E-state index contributed by atoms with van der Waals surface area (Å²) in [6.45, 7) is 3.07. The van der Waals surface area contributed by atoms with Crippen molar-refractivity contribution >= 4 is 33.6 Å². The second-order valence-electron chi connectivity index (χ2n) is 7.88. The Morgan fingerprint density at radius 1 is 1.16 bits per heavy atom. The average Bonchev–Trinajstić information content (AvgIpc) is 3.28. The Bertz CT molecular complexity index is 1010. The van der Waals surface area contributed by atoms with Crippen LogP contribution in [0.1, 0.15) is 25.2 Å². The van der Waals surface area contributed by atoms with Crippen molar-refractivity contribution in [3.63, 3.8) is 0 Å². The summed E-state index contributed by atoms with van der Waals surface area (Å²) in [5.41, 5.74) is 0.923. The van der Waals surface area contributed by atoms with Gasteiger partial charge in [0.1, 0.15) is 0 Å². The van der Waals surface area contributed by atoms with Gasteiger partial charge in [0.2, 0.25) is 17.6 Å². The van der Waals surface area contributed by atoms with Crippen molar-refractivity contribution in [1.82, 2.24) is 20.4 Å². The Morgan fingerprint density at radius 3 is 2.75 bits per heavy atom. The van der Waals surface area contributed by atoms with E-state index in [9.17, 15) is 4.79 Å². The predicted octanol–water partition coefficient (Wildman–Crippen LogP) is 5.01. The number of piperidine rings is 1. The van der Waals surface area contributed by atoms with Crippen LogP contribution in [0.4, 0.5) is 0 Å². The monoisotopic (exact) mass is 514 g/mol. The predicted molar refractivity (Wildman–Crippen MR) is 130 cm³/mol. The third kappa shape index (κ3) is 6.67. The molecule has 3 aromatic rings.